The third kappa shape index (κ3) is 2.74. The van der Waals surface area contributed by atoms with Crippen molar-refractivity contribution in [2.24, 2.45) is 0 Å². The van der Waals surface area contributed by atoms with Gasteiger partial charge in [-0.1, -0.05) is 42.5 Å². The molecule has 0 bridgehead atoms. The number of aryl methyl sites for hydroxylation is 1. The summed E-state index contributed by atoms with van der Waals surface area (Å²) in [4.78, 5) is 13.2. The second-order valence-electron chi connectivity index (χ2n) is 6.96. The maximum Gasteiger partial charge on any atom is 0.228 e. The van der Waals surface area contributed by atoms with Gasteiger partial charge in [0.1, 0.15) is 17.1 Å². The number of phenolic OH excluding ortho intramolecular Hbond substituents is 1. The molecule has 0 atom stereocenters. The predicted octanol–water partition coefficient (Wildman–Crippen LogP) is 5.36. The first kappa shape index (κ1) is 16.6. The molecular formula is C24H18O4. The normalized spacial score (nSPS) is 13.1. The zero-order valence-electron chi connectivity index (χ0n) is 15.1. The van der Waals surface area contributed by atoms with Gasteiger partial charge in [-0.25, -0.2) is 0 Å². The number of carbonyl (C=O) groups is 1. The van der Waals surface area contributed by atoms with Gasteiger partial charge in [0.15, 0.2) is 5.76 Å². The zero-order chi connectivity index (χ0) is 19.1. The number of ketones is 1. The van der Waals surface area contributed by atoms with E-state index in [0.717, 1.165) is 40.7 Å². The molecule has 4 heteroatoms. The highest BCUT2D eigenvalue weighted by Crippen LogP contribution is 2.40. The van der Waals surface area contributed by atoms with Gasteiger partial charge < -0.3 is 14.3 Å². The minimum absolute atomic E-state index is 0.168. The summed E-state index contributed by atoms with van der Waals surface area (Å²) in [7, 11) is 0. The highest BCUT2D eigenvalue weighted by atomic mass is 16.5. The molecule has 0 unspecified atom stereocenters. The van der Waals surface area contributed by atoms with Crippen molar-refractivity contribution < 1.29 is 19.1 Å². The average molecular weight is 370 g/mol. The molecule has 1 aliphatic heterocycles. The zero-order valence-corrected chi connectivity index (χ0v) is 15.1. The Bertz CT molecular complexity index is 1170. The van der Waals surface area contributed by atoms with E-state index in [1.807, 2.05) is 24.3 Å². The third-order valence-corrected chi connectivity index (χ3v) is 5.12. The van der Waals surface area contributed by atoms with Crippen LogP contribution in [0.5, 0.6) is 11.5 Å². The number of carbonyl (C=O) groups excluding carboxylic acids is 1. The first-order chi connectivity index (χ1) is 13.7. The molecule has 0 fully saturated rings. The molecule has 4 nitrogen and oxygen atoms in total. The van der Waals surface area contributed by atoms with E-state index in [2.05, 4.69) is 6.07 Å². The Morgan fingerprint density at radius 1 is 0.964 bits per heavy atom. The van der Waals surface area contributed by atoms with Gasteiger partial charge in [-0.15, -0.1) is 0 Å². The molecule has 1 aliphatic rings. The minimum atomic E-state index is -0.168. The maximum absolute atomic E-state index is 13.2. The lowest BCUT2D eigenvalue weighted by molar-refractivity contribution is 0.101. The van der Waals surface area contributed by atoms with Crippen molar-refractivity contribution >= 4 is 16.8 Å². The summed E-state index contributed by atoms with van der Waals surface area (Å²) < 4.78 is 11.8. The van der Waals surface area contributed by atoms with E-state index >= 15 is 0 Å². The predicted molar refractivity (Wildman–Crippen MR) is 107 cm³/mol. The molecule has 4 aromatic rings. The van der Waals surface area contributed by atoms with E-state index in [4.69, 9.17) is 9.15 Å². The minimum Gasteiger partial charge on any atom is -0.508 e. The second-order valence-corrected chi connectivity index (χ2v) is 6.96. The Labute approximate surface area is 162 Å². The van der Waals surface area contributed by atoms with Crippen molar-refractivity contribution in [3.05, 3.63) is 83.6 Å². The summed E-state index contributed by atoms with van der Waals surface area (Å²) in [6.45, 7) is 0.694. The molecule has 0 amide bonds. The first-order valence-corrected chi connectivity index (χ1v) is 9.32. The van der Waals surface area contributed by atoms with Gasteiger partial charge in [0.05, 0.1) is 6.61 Å². The summed E-state index contributed by atoms with van der Waals surface area (Å²) in [6, 6.07) is 19.9. The Morgan fingerprint density at radius 3 is 2.54 bits per heavy atom. The third-order valence-electron chi connectivity index (χ3n) is 5.12. The SMILES string of the molecule is O=C(c1ccccc1)c1oc2cc3c(cc2c1-c1ccc(O)cc1)CCCO3. The van der Waals surface area contributed by atoms with Crippen LogP contribution in [0.1, 0.15) is 28.1 Å². The fraction of sp³-hybridized carbons (Fsp3) is 0.125. The van der Waals surface area contributed by atoms with Gasteiger partial charge in [0.25, 0.3) is 0 Å². The maximum atomic E-state index is 13.2. The highest BCUT2D eigenvalue weighted by Gasteiger charge is 2.25. The number of benzene rings is 3. The van der Waals surface area contributed by atoms with Crippen LogP contribution in [0, 0.1) is 0 Å². The molecule has 0 spiro atoms. The topological polar surface area (TPSA) is 59.7 Å². The van der Waals surface area contributed by atoms with Crippen molar-refractivity contribution in [2.75, 3.05) is 6.61 Å². The van der Waals surface area contributed by atoms with Crippen LogP contribution in [-0.2, 0) is 6.42 Å². The van der Waals surface area contributed by atoms with Crippen molar-refractivity contribution in [3.63, 3.8) is 0 Å². The quantitative estimate of drug-likeness (QED) is 0.493. The van der Waals surface area contributed by atoms with Gasteiger partial charge in [-0.05, 0) is 42.2 Å². The molecule has 0 saturated heterocycles. The number of phenols is 1. The molecule has 0 aliphatic carbocycles. The summed E-state index contributed by atoms with van der Waals surface area (Å²) in [5.74, 6) is 1.13. The average Bonchev–Trinajstić information content (AvgIpc) is 3.11. The number of fused-ring (bicyclic) bond motifs is 2. The Kier molecular flexibility index (Phi) is 3.90. The largest absolute Gasteiger partial charge is 0.508 e. The summed E-state index contributed by atoms with van der Waals surface area (Å²) in [5, 5.41) is 10.6. The molecular weight excluding hydrogens is 352 g/mol. The Morgan fingerprint density at radius 2 is 1.75 bits per heavy atom. The standard InChI is InChI=1S/C24H18O4/c25-18-10-8-15(9-11-18)22-19-13-17-7-4-12-27-20(17)14-21(19)28-24(22)23(26)16-5-2-1-3-6-16/h1-3,5-6,8-11,13-14,25H,4,7,12H2. The van der Waals surface area contributed by atoms with Crippen LogP contribution in [0.2, 0.25) is 0 Å². The molecule has 138 valence electrons. The fourth-order valence-electron chi connectivity index (χ4n) is 3.74. The molecule has 3 aromatic carbocycles. The summed E-state index contributed by atoms with van der Waals surface area (Å²) in [6.07, 6.45) is 1.91. The van der Waals surface area contributed by atoms with Crippen LogP contribution in [0.4, 0.5) is 0 Å². The van der Waals surface area contributed by atoms with Gasteiger partial charge in [0.2, 0.25) is 5.78 Å². The van der Waals surface area contributed by atoms with Gasteiger partial charge in [-0.2, -0.15) is 0 Å². The lowest BCUT2D eigenvalue weighted by atomic mass is 9.96. The van der Waals surface area contributed by atoms with Crippen LogP contribution in [0.3, 0.4) is 0 Å². The molecule has 1 aromatic heterocycles. The van der Waals surface area contributed by atoms with E-state index in [-0.39, 0.29) is 11.5 Å². The number of hydrogen-bond acceptors (Lipinski definition) is 4. The van der Waals surface area contributed by atoms with Gasteiger partial charge in [-0.3, -0.25) is 4.79 Å². The van der Waals surface area contributed by atoms with Crippen molar-refractivity contribution in [3.8, 4) is 22.6 Å². The van der Waals surface area contributed by atoms with Crippen LogP contribution >= 0.6 is 0 Å². The van der Waals surface area contributed by atoms with Crippen LogP contribution in [0.15, 0.2) is 71.1 Å². The number of aromatic hydroxyl groups is 1. The highest BCUT2D eigenvalue weighted by molar-refractivity contribution is 6.15. The van der Waals surface area contributed by atoms with E-state index < -0.39 is 0 Å². The number of ether oxygens (including phenoxy) is 1. The van der Waals surface area contributed by atoms with E-state index in [1.165, 1.54) is 0 Å². The summed E-state index contributed by atoms with van der Waals surface area (Å²) in [5.41, 5.74) is 3.90. The fourth-order valence-corrected chi connectivity index (χ4v) is 3.74. The molecule has 0 saturated carbocycles. The van der Waals surface area contributed by atoms with Crippen LogP contribution in [-0.4, -0.2) is 17.5 Å². The first-order valence-electron chi connectivity index (χ1n) is 9.32. The van der Waals surface area contributed by atoms with Crippen molar-refractivity contribution in [1.82, 2.24) is 0 Å². The van der Waals surface area contributed by atoms with E-state index in [1.54, 1.807) is 36.4 Å². The Balaban J connectivity index is 1.77. The molecule has 5 rings (SSSR count). The molecule has 2 heterocycles. The number of hydrogen-bond donors (Lipinski definition) is 1. The van der Waals surface area contributed by atoms with Gasteiger partial charge >= 0.3 is 0 Å². The van der Waals surface area contributed by atoms with Gasteiger partial charge in [0, 0.05) is 22.6 Å². The van der Waals surface area contributed by atoms with E-state index in [0.29, 0.717) is 23.5 Å². The molecule has 1 N–H and O–H groups in total. The smallest absolute Gasteiger partial charge is 0.228 e. The summed E-state index contributed by atoms with van der Waals surface area (Å²) >= 11 is 0. The number of rotatable bonds is 3. The second kappa shape index (κ2) is 6.57. The monoisotopic (exact) mass is 370 g/mol. The van der Waals surface area contributed by atoms with Crippen LogP contribution in [0.25, 0.3) is 22.1 Å². The van der Waals surface area contributed by atoms with Crippen LogP contribution < -0.4 is 4.74 Å². The lowest BCUT2D eigenvalue weighted by Gasteiger charge is -2.16. The van der Waals surface area contributed by atoms with E-state index in [9.17, 15) is 9.90 Å². The molecule has 28 heavy (non-hydrogen) atoms. The van der Waals surface area contributed by atoms with Crippen molar-refractivity contribution in [1.29, 1.82) is 0 Å². The van der Waals surface area contributed by atoms with Crippen molar-refractivity contribution in [2.45, 2.75) is 12.8 Å². The lowest BCUT2D eigenvalue weighted by Crippen LogP contribution is -2.07. The Hall–Kier alpha value is -3.53. The molecule has 0 radical (unpaired) electrons. The number of furan rings is 1.